The van der Waals surface area contributed by atoms with Crippen LogP contribution in [-0.4, -0.2) is 71.7 Å². The molecule has 2 aliphatic heterocycles. The fourth-order valence-corrected chi connectivity index (χ4v) is 5.26. The number of nitrogens with zero attached hydrogens (tertiary/aromatic N) is 4. The number of H-pyrrole nitrogens is 1. The van der Waals surface area contributed by atoms with Crippen LogP contribution in [0.15, 0.2) is 35.3 Å². The summed E-state index contributed by atoms with van der Waals surface area (Å²) in [7, 11) is 1.26. The number of benzene rings is 1. The van der Waals surface area contributed by atoms with Gasteiger partial charge in [-0.3, -0.25) is 9.69 Å². The average Bonchev–Trinajstić information content (AvgIpc) is 3.31. The molecular formula is C25H28F3N5O4. The Labute approximate surface area is 211 Å². The van der Waals surface area contributed by atoms with Gasteiger partial charge >= 0.3 is 12.1 Å². The first-order valence-corrected chi connectivity index (χ1v) is 12.2. The first kappa shape index (κ1) is 25.1. The molecule has 1 aromatic heterocycles. The number of hydrogen-bond donors (Lipinski definition) is 1. The van der Waals surface area contributed by atoms with E-state index in [1.165, 1.54) is 13.2 Å². The molecule has 0 bridgehead atoms. The average molecular weight is 520 g/mol. The van der Waals surface area contributed by atoms with Crippen molar-refractivity contribution in [1.29, 1.82) is 0 Å². The standard InChI is InChI=1S/C25H28F3N5O4/c1-14-5-3-4-6-20(14)33-22(35)16-12-32(10-9-17(16)31-24(33)37-13-21(34)36-2)23-29-18-8-7-15(25(26,27)28)11-19(18)30-23/h3,5,7-8,11,14,16-17,20H,4,6,9-10,12-13H2,1-2H3,(H,29,30). The molecule has 1 amide bonds. The third-order valence-electron chi connectivity index (χ3n) is 7.26. The molecule has 3 aliphatic rings. The number of halogens is 3. The Balaban J connectivity index is 1.41. The van der Waals surface area contributed by atoms with Gasteiger partial charge < -0.3 is 19.4 Å². The first-order chi connectivity index (χ1) is 17.7. The molecule has 1 aliphatic carbocycles. The number of carbonyl (C=O) groups is 2. The molecule has 198 valence electrons. The third kappa shape index (κ3) is 4.88. The zero-order chi connectivity index (χ0) is 26.3. The van der Waals surface area contributed by atoms with Crippen molar-refractivity contribution in [1.82, 2.24) is 14.9 Å². The highest BCUT2D eigenvalue weighted by Crippen LogP contribution is 2.35. The summed E-state index contributed by atoms with van der Waals surface area (Å²) in [4.78, 5) is 41.3. The van der Waals surface area contributed by atoms with Crippen molar-refractivity contribution in [2.45, 2.75) is 44.4 Å². The zero-order valence-corrected chi connectivity index (χ0v) is 20.5. The second-order valence-corrected chi connectivity index (χ2v) is 9.62. The van der Waals surface area contributed by atoms with Crippen LogP contribution in [0.3, 0.4) is 0 Å². The van der Waals surface area contributed by atoms with E-state index in [2.05, 4.69) is 26.9 Å². The quantitative estimate of drug-likeness (QED) is 0.490. The number of nitrogens with one attached hydrogen (secondary N) is 1. The summed E-state index contributed by atoms with van der Waals surface area (Å²) in [5.41, 5.74) is -0.0552. The van der Waals surface area contributed by atoms with Crippen LogP contribution in [0, 0.1) is 11.8 Å². The van der Waals surface area contributed by atoms with E-state index in [0.717, 1.165) is 25.0 Å². The summed E-state index contributed by atoms with van der Waals surface area (Å²) < 4.78 is 49.8. The van der Waals surface area contributed by atoms with E-state index >= 15 is 0 Å². The maximum absolute atomic E-state index is 13.9. The van der Waals surface area contributed by atoms with E-state index in [-0.39, 0.29) is 42.1 Å². The number of esters is 1. The van der Waals surface area contributed by atoms with Crippen molar-refractivity contribution in [2.75, 3.05) is 31.7 Å². The van der Waals surface area contributed by atoms with E-state index in [4.69, 9.17) is 9.73 Å². The van der Waals surface area contributed by atoms with Crippen LogP contribution in [0.25, 0.3) is 11.0 Å². The Morgan fingerprint density at radius 2 is 2.08 bits per heavy atom. The van der Waals surface area contributed by atoms with Crippen LogP contribution in [0.2, 0.25) is 0 Å². The van der Waals surface area contributed by atoms with Gasteiger partial charge in [-0.05, 0) is 43.4 Å². The first-order valence-electron chi connectivity index (χ1n) is 12.2. The van der Waals surface area contributed by atoms with Crippen LogP contribution < -0.4 is 4.90 Å². The molecule has 5 rings (SSSR count). The monoisotopic (exact) mass is 519 g/mol. The lowest BCUT2D eigenvalue weighted by Gasteiger charge is -2.45. The minimum absolute atomic E-state index is 0.0686. The van der Waals surface area contributed by atoms with Gasteiger partial charge in [0, 0.05) is 19.1 Å². The van der Waals surface area contributed by atoms with E-state index in [9.17, 15) is 22.8 Å². The summed E-state index contributed by atoms with van der Waals surface area (Å²) in [5.74, 6) is -0.720. The maximum atomic E-state index is 13.9. The minimum Gasteiger partial charge on any atom is -0.466 e. The highest BCUT2D eigenvalue weighted by molar-refractivity contribution is 5.99. The fraction of sp³-hybridized carbons (Fsp3) is 0.520. The van der Waals surface area contributed by atoms with Crippen LogP contribution in [0.4, 0.5) is 19.1 Å². The summed E-state index contributed by atoms with van der Waals surface area (Å²) in [6.07, 6.45) is 1.74. The molecule has 1 fully saturated rings. The number of allylic oxidation sites excluding steroid dienone is 1. The smallest absolute Gasteiger partial charge is 0.416 e. The number of ether oxygens (including phenoxy) is 2. The van der Waals surface area contributed by atoms with Crippen LogP contribution in [0.1, 0.15) is 31.7 Å². The Morgan fingerprint density at radius 3 is 2.81 bits per heavy atom. The maximum Gasteiger partial charge on any atom is 0.416 e. The van der Waals surface area contributed by atoms with Crippen molar-refractivity contribution in [3.63, 3.8) is 0 Å². The number of alkyl halides is 3. The predicted octanol–water partition coefficient (Wildman–Crippen LogP) is 3.52. The van der Waals surface area contributed by atoms with Crippen molar-refractivity contribution >= 4 is 34.9 Å². The van der Waals surface area contributed by atoms with Gasteiger partial charge in [0.15, 0.2) is 6.61 Å². The van der Waals surface area contributed by atoms with Gasteiger partial charge in [0.2, 0.25) is 11.9 Å². The number of aromatic amines is 1. The van der Waals surface area contributed by atoms with Gasteiger partial charge in [-0.15, -0.1) is 0 Å². The summed E-state index contributed by atoms with van der Waals surface area (Å²) in [6.45, 7) is 2.47. The number of carbonyl (C=O) groups excluding carboxylic acids is 2. The lowest BCUT2D eigenvalue weighted by atomic mass is 9.86. The molecule has 0 radical (unpaired) electrons. The number of hydrogen-bond acceptors (Lipinski definition) is 7. The molecule has 2 aromatic rings. The third-order valence-corrected chi connectivity index (χ3v) is 7.26. The normalized spacial score (nSPS) is 26.2. The van der Waals surface area contributed by atoms with Crippen molar-refractivity contribution in [3.8, 4) is 0 Å². The van der Waals surface area contributed by atoms with E-state index in [0.29, 0.717) is 31.0 Å². The Bertz CT molecular complexity index is 1260. The molecule has 1 saturated heterocycles. The van der Waals surface area contributed by atoms with E-state index in [1.54, 1.807) is 4.90 Å². The molecule has 12 heteroatoms. The van der Waals surface area contributed by atoms with Crippen LogP contribution >= 0.6 is 0 Å². The number of aliphatic imine (C=N–C) groups is 1. The van der Waals surface area contributed by atoms with Gasteiger partial charge in [-0.2, -0.15) is 13.2 Å². The zero-order valence-electron chi connectivity index (χ0n) is 20.5. The number of imidazole rings is 1. The number of methoxy groups -OCH3 is 1. The number of rotatable bonds is 4. The number of aromatic nitrogens is 2. The van der Waals surface area contributed by atoms with Gasteiger partial charge in [-0.1, -0.05) is 19.1 Å². The SMILES string of the molecule is COC(=O)COC1=NC2CCN(c3nc4ccc(C(F)(F)F)cc4[nH]3)CC2C(=O)N1C1CCC=CC1C. The van der Waals surface area contributed by atoms with Crippen molar-refractivity contribution < 1.29 is 32.2 Å². The van der Waals surface area contributed by atoms with Crippen molar-refractivity contribution in [2.24, 2.45) is 16.8 Å². The molecular weight excluding hydrogens is 491 g/mol. The number of amides is 1. The van der Waals surface area contributed by atoms with E-state index < -0.39 is 23.6 Å². The number of amidine groups is 1. The van der Waals surface area contributed by atoms with Gasteiger partial charge in [0.05, 0.1) is 35.7 Å². The largest absolute Gasteiger partial charge is 0.466 e. The molecule has 1 N–H and O–H groups in total. The van der Waals surface area contributed by atoms with Crippen LogP contribution in [0.5, 0.6) is 0 Å². The molecule has 37 heavy (non-hydrogen) atoms. The molecule has 1 aromatic carbocycles. The Morgan fingerprint density at radius 1 is 1.27 bits per heavy atom. The predicted molar refractivity (Wildman–Crippen MR) is 129 cm³/mol. The summed E-state index contributed by atoms with van der Waals surface area (Å²) in [5, 5.41) is 0. The topological polar surface area (TPSA) is 100 Å². The van der Waals surface area contributed by atoms with Gasteiger partial charge in [-0.25, -0.2) is 14.8 Å². The van der Waals surface area contributed by atoms with Crippen molar-refractivity contribution in [3.05, 3.63) is 35.9 Å². The van der Waals surface area contributed by atoms with Gasteiger partial charge in [0.25, 0.3) is 6.02 Å². The number of fused-ring (bicyclic) bond motifs is 2. The minimum atomic E-state index is -4.45. The summed E-state index contributed by atoms with van der Waals surface area (Å²) >= 11 is 0. The number of anilines is 1. The number of piperidine rings is 1. The lowest BCUT2D eigenvalue weighted by molar-refractivity contribution is -0.145. The molecule has 4 atom stereocenters. The molecule has 0 spiro atoms. The Kier molecular flexibility index (Phi) is 6.59. The molecule has 3 heterocycles. The van der Waals surface area contributed by atoms with Crippen LogP contribution in [-0.2, 0) is 25.2 Å². The molecule has 9 nitrogen and oxygen atoms in total. The molecule has 0 saturated carbocycles. The highest BCUT2D eigenvalue weighted by Gasteiger charge is 2.46. The highest BCUT2D eigenvalue weighted by atomic mass is 19.4. The lowest BCUT2D eigenvalue weighted by Crippen LogP contribution is -2.60. The second kappa shape index (κ2) is 9.71. The van der Waals surface area contributed by atoms with Gasteiger partial charge in [0.1, 0.15) is 0 Å². The Hall–Kier alpha value is -3.57. The molecule has 4 unspecified atom stereocenters. The summed E-state index contributed by atoms with van der Waals surface area (Å²) in [6, 6.07) is 3.01. The van der Waals surface area contributed by atoms with E-state index in [1.807, 2.05) is 11.8 Å². The second-order valence-electron chi connectivity index (χ2n) is 9.62. The fourth-order valence-electron chi connectivity index (χ4n) is 5.26.